The molecule has 34 heavy (non-hydrogen) atoms. The summed E-state index contributed by atoms with van der Waals surface area (Å²) >= 11 is -2.00. The van der Waals surface area contributed by atoms with Gasteiger partial charge in [-0.2, -0.15) is 0 Å². The molecule has 5 rings (SSSR count). The zero-order valence-electron chi connectivity index (χ0n) is 19.5. The quantitative estimate of drug-likeness (QED) is 0.231. The van der Waals surface area contributed by atoms with E-state index < -0.39 is 11.3 Å². The third-order valence-corrected chi connectivity index (χ3v) is 7.06. The summed E-state index contributed by atoms with van der Waals surface area (Å²) in [6, 6.07) is 11.5. The number of aryl methyl sites for hydroxylation is 1. The van der Waals surface area contributed by atoms with Crippen molar-refractivity contribution in [1.82, 2.24) is 14.7 Å². The van der Waals surface area contributed by atoms with E-state index >= 15 is 0 Å². The van der Waals surface area contributed by atoms with Crippen LogP contribution in [0.15, 0.2) is 48.2 Å². The van der Waals surface area contributed by atoms with Crippen molar-refractivity contribution in [3.8, 4) is 22.4 Å². The average Bonchev–Trinajstić information content (AvgIpc) is 3.48. The lowest BCUT2D eigenvalue weighted by molar-refractivity contribution is 0.549. The fraction of sp³-hybridized carbons (Fsp3) is 0.259. The highest BCUT2D eigenvalue weighted by Gasteiger charge is 2.25. The molecule has 1 unspecified atom stereocenters. The van der Waals surface area contributed by atoms with Crippen molar-refractivity contribution in [2.45, 2.75) is 39.5 Å². The molecule has 7 heteroatoms. The van der Waals surface area contributed by atoms with Gasteiger partial charge < -0.3 is 9.97 Å². The monoisotopic (exact) mass is 477 g/mol. The van der Waals surface area contributed by atoms with Gasteiger partial charge in [-0.05, 0) is 66.1 Å². The van der Waals surface area contributed by atoms with Gasteiger partial charge in [0, 0.05) is 40.5 Å². The van der Waals surface area contributed by atoms with Crippen molar-refractivity contribution in [3.05, 3.63) is 76.4 Å². The molecule has 0 spiro atoms. The van der Waals surface area contributed by atoms with E-state index in [4.69, 9.17) is 4.55 Å². The summed E-state index contributed by atoms with van der Waals surface area (Å²) < 4.78 is 37.0. The Labute approximate surface area is 200 Å². The molecule has 0 saturated carbocycles. The predicted octanol–water partition coefficient (Wildman–Crippen LogP) is 6.46. The van der Waals surface area contributed by atoms with E-state index in [9.17, 15) is 8.60 Å². The molecule has 2 aromatic heterocycles. The highest BCUT2D eigenvalue weighted by Crippen LogP contribution is 2.45. The molecular formula is C27H28FN3O2S. The summed E-state index contributed by atoms with van der Waals surface area (Å²) in [4.78, 5) is 6.73. The van der Waals surface area contributed by atoms with E-state index in [1.54, 1.807) is 6.07 Å². The second-order valence-corrected chi connectivity index (χ2v) is 10.00. The zero-order chi connectivity index (χ0) is 24.0. The molecule has 2 heterocycles. The first-order valence-corrected chi connectivity index (χ1v) is 12.6. The van der Waals surface area contributed by atoms with E-state index in [1.807, 2.05) is 12.3 Å². The van der Waals surface area contributed by atoms with Crippen LogP contribution in [0.3, 0.4) is 0 Å². The molecule has 0 fully saturated rings. The van der Waals surface area contributed by atoms with Crippen molar-refractivity contribution >= 4 is 28.2 Å². The maximum absolute atomic E-state index is 14.5. The van der Waals surface area contributed by atoms with E-state index in [1.165, 1.54) is 33.9 Å². The topological polar surface area (TPSA) is 80.9 Å². The van der Waals surface area contributed by atoms with Crippen molar-refractivity contribution in [3.63, 3.8) is 0 Å². The number of fused-ring (bicyclic) bond motifs is 2. The Hall–Kier alpha value is -3.00. The first-order chi connectivity index (χ1) is 16.3. The molecule has 1 atom stereocenters. The lowest BCUT2D eigenvalue weighted by atomic mass is 9.88. The molecule has 0 bridgehead atoms. The van der Waals surface area contributed by atoms with Crippen LogP contribution in [-0.4, -0.2) is 25.3 Å². The largest absolute Gasteiger partial charge is 0.361 e. The van der Waals surface area contributed by atoms with Crippen LogP contribution in [-0.2, 0) is 17.7 Å². The van der Waals surface area contributed by atoms with E-state index in [2.05, 4.69) is 59.7 Å². The molecule has 4 N–H and O–H groups in total. The average molecular weight is 478 g/mol. The number of benzene rings is 2. The molecule has 4 aromatic rings. The number of nitrogens with one attached hydrogen (secondary N) is 3. The molecular weight excluding hydrogens is 449 g/mol. The Morgan fingerprint density at radius 1 is 1.21 bits per heavy atom. The number of halogens is 1. The minimum absolute atomic E-state index is 0.219. The Morgan fingerprint density at radius 3 is 2.79 bits per heavy atom. The van der Waals surface area contributed by atoms with Crippen LogP contribution in [0.4, 0.5) is 4.39 Å². The Bertz CT molecular complexity index is 1450. The van der Waals surface area contributed by atoms with Gasteiger partial charge in [0.15, 0.2) is 0 Å². The number of hydrogen-bond acceptors (Lipinski definition) is 1. The second kappa shape index (κ2) is 8.98. The van der Waals surface area contributed by atoms with Crippen molar-refractivity contribution in [2.24, 2.45) is 0 Å². The van der Waals surface area contributed by atoms with Crippen LogP contribution in [0.2, 0.25) is 0 Å². The Kier molecular flexibility index (Phi) is 6.02. The summed E-state index contributed by atoms with van der Waals surface area (Å²) in [7, 11) is 0. The third-order valence-electron chi connectivity index (χ3n) is 6.61. The van der Waals surface area contributed by atoms with Crippen LogP contribution >= 0.6 is 0 Å². The van der Waals surface area contributed by atoms with Gasteiger partial charge in [0.25, 0.3) is 0 Å². The van der Waals surface area contributed by atoms with E-state index in [0.717, 1.165) is 39.8 Å². The van der Waals surface area contributed by atoms with Gasteiger partial charge in [-0.15, -0.1) is 0 Å². The normalized spacial score (nSPS) is 14.1. The molecule has 0 saturated heterocycles. The molecule has 1 aliphatic carbocycles. The van der Waals surface area contributed by atoms with Gasteiger partial charge in [0.1, 0.15) is 5.82 Å². The summed E-state index contributed by atoms with van der Waals surface area (Å²) in [5.41, 5.74) is 10.9. The SMILES string of the molecule is Cc1[nH]c(-c2cc(F)cc3[nH]ccc23)c(C(C)C)c1-c1cccc2c1C=C(CCNS(=O)O)C2. The lowest BCUT2D eigenvalue weighted by Crippen LogP contribution is -2.17. The Morgan fingerprint density at radius 2 is 2.03 bits per heavy atom. The van der Waals surface area contributed by atoms with E-state index in [0.29, 0.717) is 13.0 Å². The van der Waals surface area contributed by atoms with Gasteiger partial charge in [-0.3, -0.25) is 4.55 Å². The third kappa shape index (κ3) is 4.04. The molecule has 1 aliphatic rings. The van der Waals surface area contributed by atoms with Gasteiger partial charge in [-0.1, -0.05) is 43.7 Å². The summed E-state index contributed by atoms with van der Waals surface area (Å²) in [6.07, 6.45) is 5.61. The second-order valence-electron chi connectivity index (χ2n) is 9.21. The van der Waals surface area contributed by atoms with Gasteiger partial charge in [-0.25, -0.2) is 13.3 Å². The van der Waals surface area contributed by atoms with Crippen molar-refractivity contribution in [2.75, 3.05) is 6.54 Å². The van der Waals surface area contributed by atoms with Crippen LogP contribution in [0.5, 0.6) is 0 Å². The fourth-order valence-corrected chi connectivity index (χ4v) is 5.51. The van der Waals surface area contributed by atoms with E-state index in [-0.39, 0.29) is 11.7 Å². The van der Waals surface area contributed by atoms with Crippen LogP contribution < -0.4 is 4.72 Å². The number of hydrogen-bond donors (Lipinski definition) is 4. The van der Waals surface area contributed by atoms with Crippen LogP contribution in [0.25, 0.3) is 39.4 Å². The van der Waals surface area contributed by atoms with Gasteiger partial charge >= 0.3 is 0 Å². The lowest BCUT2D eigenvalue weighted by Gasteiger charge is -2.15. The highest BCUT2D eigenvalue weighted by atomic mass is 32.2. The molecule has 2 aromatic carbocycles. The standard InChI is InChI=1S/C27H28FN3O2S/c1-15(2)25-26(16(3)31-27(25)23-13-19(28)14-24-20(23)8-9-29-24)21-6-4-5-18-11-17(12-22(18)21)7-10-30-34(32)33/h4-6,8-9,12-15,29-31H,7,10-11H2,1-3H3,(H,32,33). The highest BCUT2D eigenvalue weighted by molar-refractivity contribution is 7.77. The minimum Gasteiger partial charge on any atom is -0.361 e. The molecule has 5 nitrogen and oxygen atoms in total. The fourth-order valence-electron chi connectivity index (χ4n) is 5.23. The first-order valence-electron chi connectivity index (χ1n) is 11.5. The smallest absolute Gasteiger partial charge is 0.231 e. The summed E-state index contributed by atoms with van der Waals surface area (Å²) in [5, 5.41) is 0.991. The number of aromatic nitrogens is 2. The Balaban J connectivity index is 1.64. The number of aromatic amines is 2. The van der Waals surface area contributed by atoms with Crippen molar-refractivity contribution < 1.29 is 13.2 Å². The predicted molar refractivity (Wildman–Crippen MR) is 137 cm³/mol. The minimum atomic E-state index is -2.00. The molecule has 0 amide bonds. The van der Waals surface area contributed by atoms with Gasteiger partial charge in [0.2, 0.25) is 11.3 Å². The van der Waals surface area contributed by atoms with Crippen LogP contribution in [0.1, 0.15) is 48.6 Å². The maximum Gasteiger partial charge on any atom is 0.231 e. The number of H-pyrrole nitrogens is 2. The maximum atomic E-state index is 14.5. The summed E-state index contributed by atoms with van der Waals surface area (Å²) in [6.45, 7) is 6.88. The molecule has 0 aliphatic heterocycles. The number of rotatable bonds is 7. The van der Waals surface area contributed by atoms with Crippen LogP contribution in [0, 0.1) is 12.7 Å². The first kappa shape index (κ1) is 22.8. The summed E-state index contributed by atoms with van der Waals surface area (Å²) in [5.74, 6) is -0.0456. The zero-order valence-corrected chi connectivity index (χ0v) is 20.3. The molecule has 176 valence electrons. The van der Waals surface area contributed by atoms with Crippen molar-refractivity contribution in [1.29, 1.82) is 0 Å². The molecule has 0 radical (unpaired) electrons. The van der Waals surface area contributed by atoms with Gasteiger partial charge in [0.05, 0.1) is 5.69 Å².